The quantitative estimate of drug-likeness (QED) is 0.804. The minimum Gasteiger partial charge on any atom is -0.481 e. The first kappa shape index (κ1) is 15.1. The summed E-state index contributed by atoms with van der Waals surface area (Å²) in [5.74, 6) is -0.844. The summed E-state index contributed by atoms with van der Waals surface area (Å²) in [6.45, 7) is 1.47. The number of rotatable bonds is 7. The van der Waals surface area contributed by atoms with Gasteiger partial charge < -0.3 is 15.7 Å². The second kappa shape index (κ2) is 7.51. The summed E-state index contributed by atoms with van der Waals surface area (Å²) in [6, 6.07) is 7.89. The fourth-order valence-electron chi connectivity index (χ4n) is 1.75. The average Bonchev–Trinajstić information content (AvgIpc) is 2.27. The van der Waals surface area contributed by atoms with Gasteiger partial charge in [0.25, 0.3) is 0 Å². The standard InChI is InChI=1S/C13H19BrN2O2/c1-16(9-12(15)8-13(17)18)7-6-10-2-4-11(14)5-3-10/h2-5,12H,6-9,15H2,1H3,(H,17,18). The Morgan fingerprint density at radius 3 is 2.61 bits per heavy atom. The second-order valence-electron chi connectivity index (χ2n) is 4.50. The minimum absolute atomic E-state index is 0.0165. The van der Waals surface area contributed by atoms with E-state index in [1.807, 2.05) is 19.2 Å². The molecule has 0 saturated heterocycles. The lowest BCUT2D eigenvalue weighted by Gasteiger charge is -2.20. The maximum atomic E-state index is 10.5. The Balaban J connectivity index is 2.30. The number of carboxylic acid groups (broad SMARTS) is 1. The van der Waals surface area contributed by atoms with Crippen molar-refractivity contribution in [2.75, 3.05) is 20.1 Å². The van der Waals surface area contributed by atoms with Crippen LogP contribution < -0.4 is 5.73 Å². The average molecular weight is 315 g/mol. The van der Waals surface area contributed by atoms with Crippen molar-refractivity contribution >= 4 is 21.9 Å². The van der Waals surface area contributed by atoms with Crippen molar-refractivity contribution in [2.45, 2.75) is 18.9 Å². The number of aliphatic carboxylic acids is 1. The van der Waals surface area contributed by atoms with Crippen LogP contribution in [0.2, 0.25) is 0 Å². The van der Waals surface area contributed by atoms with Gasteiger partial charge in [-0.05, 0) is 31.2 Å². The van der Waals surface area contributed by atoms with Crippen molar-refractivity contribution in [1.29, 1.82) is 0 Å². The molecular formula is C13H19BrN2O2. The highest BCUT2D eigenvalue weighted by atomic mass is 79.9. The van der Waals surface area contributed by atoms with Gasteiger partial charge in [0.1, 0.15) is 0 Å². The van der Waals surface area contributed by atoms with Gasteiger partial charge in [-0.25, -0.2) is 0 Å². The van der Waals surface area contributed by atoms with Crippen LogP contribution >= 0.6 is 15.9 Å². The third kappa shape index (κ3) is 6.14. The molecule has 1 atom stereocenters. The number of nitrogens with two attached hydrogens (primary N) is 1. The Hall–Kier alpha value is -0.910. The summed E-state index contributed by atoms with van der Waals surface area (Å²) in [5.41, 5.74) is 7.00. The molecule has 0 spiro atoms. The Labute approximate surface area is 116 Å². The molecule has 0 aliphatic heterocycles. The summed E-state index contributed by atoms with van der Waals surface area (Å²) >= 11 is 3.40. The number of nitrogens with zero attached hydrogens (tertiary/aromatic N) is 1. The first-order valence-electron chi connectivity index (χ1n) is 5.87. The van der Waals surface area contributed by atoms with Gasteiger partial charge in [-0.15, -0.1) is 0 Å². The first-order chi connectivity index (χ1) is 8.47. The Morgan fingerprint density at radius 1 is 1.44 bits per heavy atom. The van der Waals surface area contributed by atoms with Gasteiger partial charge in [0, 0.05) is 23.6 Å². The number of carboxylic acids is 1. The molecule has 0 amide bonds. The van der Waals surface area contributed by atoms with Crippen molar-refractivity contribution in [2.24, 2.45) is 5.73 Å². The zero-order valence-corrected chi connectivity index (χ0v) is 12.1. The zero-order valence-electron chi connectivity index (χ0n) is 10.5. The van der Waals surface area contributed by atoms with Gasteiger partial charge in [0.2, 0.25) is 0 Å². The highest BCUT2D eigenvalue weighted by molar-refractivity contribution is 9.10. The molecule has 0 heterocycles. The second-order valence-corrected chi connectivity index (χ2v) is 5.41. The smallest absolute Gasteiger partial charge is 0.304 e. The predicted octanol–water partition coefficient (Wildman–Crippen LogP) is 1.73. The molecule has 1 rings (SSSR count). The van der Waals surface area contributed by atoms with E-state index in [0.29, 0.717) is 6.54 Å². The minimum atomic E-state index is -0.844. The van der Waals surface area contributed by atoms with Gasteiger partial charge in [0.15, 0.2) is 0 Å². The SMILES string of the molecule is CN(CCc1ccc(Br)cc1)CC(N)CC(=O)O. The zero-order chi connectivity index (χ0) is 13.5. The van der Waals surface area contributed by atoms with Gasteiger partial charge >= 0.3 is 5.97 Å². The molecule has 3 N–H and O–H groups in total. The van der Waals surface area contributed by atoms with E-state index >= 15 is 0 Å². The molecule has 1 unspecified atom stereocenters. The largest absolute Gasteiger partial charge is 0.481 e. The van der Waals surface area contributed by atoms with Crippen LogP contribution in [0.5, 0.6) is 0 Å². The molecule has 0 fully saturated rings. The van der Waals surface area contributed by atoms with Crippen molar-refractivity contribution in [3.8, 4) is 0 Å². The fraction of sp³-hybridized carbons (Fsp3) is 0.462. The number of hydrogen-bond acceptors (Lipinski definition) is 3. The lowest BCUT2D eigenvalue weighted by molar-refractivity contribution is -0.137. The molecule has 0 saturated carbocycles. The molecule has 18 heavy (non-hydrogen) atoms. The first-order valence-corrected chi connectivity index (χ1v) is 6.67. The molecule has 1 aromatic carbocycles. The van der Waals surface area contributed by atoms with E-state index in [1.54, 1.807) is 0 Å². The maximum Gasteiger partial charge on any atom is 0.304 e. The maximum absolute atomic E-state index is 10.5. The lowest BCUT2D eigenvalue weighted by Crippen LogP contribution is -2.37. The number of likely N-dealkylation sites (N-methyl/N-ethyl adjacent to an activating group) is 1. The molecule has 0 aliphatic carbocycles. The lowest BCUT2D eigenvalue weighted by atomic mass is 10.1. The van der Waals surface area contributed by atoms with E-state index in [0.717, 1.165) is 17.4 Å². The topological polar surface area (TPSA) is 66.6 Å². The van der Waals surface area contributed by atoms with E-state index in [-0.39, 0.29) is 12.5 Å². The van der Waals surface area contributed by atoms with E-state index in [1.165, 1.54) is 5.56 Å². The van der Waals surface area contributed by atoms with E-state index in [2.05, 4.69) is 33.0 Å². The van der Waals surface area contributed by atoms with Crippen LogP contribution in [0.1, 0.15) is 12.0 Å². The summed E-state index contributed by atoms with van der Waals surface area (Å²) in [7, 11) is 1.96. The van der Waals surface area contributed by atoms with Crippen molar-refractivity contribution in [3.05, 3.63) is 34.3 Å². The summed E-state index contributed by atoms with van der Waals surface area (Å²) in [6.07, 6.45) is 0.951. The van der Waals surface area contributed by atoms with Crippen LogP contribution in [0.3, 0.4) is 0 Å². The molecule has 0 radical (unpaired) electrons. The highest BCUT2D eigenvalue weighted by Crippen LogP contribution is 2.11. The van der Waals surface area contributed by atoms with Crippen LogP contribution in [0, 0.1) is 0 Å². The van der Waals surface area contributed by atoms with Gasteiger partial charge in [-0.2, -0.15) is 0 Å². The third-order valence-corrected chi connectivity index (χ3v) is 3.21. The Morgan fingerprint density at radius 2 is 2.06 bits per heavy atom. The molecule has 0 aliphatic rings. The highest BCUT2D eigenvalue weighted by Gasteiger charge is 2.10. The summed E-state index contributed by atoms with van der Waals surface area (Å²) < 4.78 is 1.07. The molecule has 5 heteroatoms. The van der Waals surface area contributed by atoms with Gasteiger partial charge in [-0.3, -0.25) is 4.79 Å². The van der Waals surface area contributed by atoms with E-state index < -0.39 is 5.97 Å². The molecule has 100 valence electrons. The fourth-order valence-corrected chi connectivity index (χ4v) is 2.02. The van der Waals surface area contributed by atoms with Crippen LogP contribution in [0.4, 0.5) is 0 Å². The van der Waals surface area contributed by atoms with Crippen LogP contribution in [0.15, 0.2) is 28.7 Å². The van der Waals surface area contributed by atoms with E-state index in [9.17, 15) is 4.79 Å². The van der Waals surface area contributed by atoms with Crippen molar-refractivity contribution < 1.29 is 9.90 Å². The van der Waals surface area contributed by atoms with Crippen molar-refractivity contribution in [1.82, 2.24) is 4.90 Å². The monoisotopic (exact) mass is 314 g/mol. The molecule has 4 nitrogen and oxygen atoms in total. The molecule has 1 aromatic rings. The van der Waals surface area contributed by atoms with Crippen LogP contribution in [-0.2, 0) is 11.2 Å². The number of benzene rings is 1. The van der Waals surface area contributed by atoms with Gasteiger partial charge in [0.05, 0.1) is 6.42 Å². The predicted molar refractivity (Wildman–Crippen MR) is 75.6 cm³/mol. The number of carbonyl (C=O) groups is 1. The Bertz CT molecular complexity index is 381. The number of halogens is 1. The van der Waals surface area contributed by atoms with Crippen molar-refractivity contribution in [3.63, 3.8) is 0 Å². The van der Waals surface area contributed by atoms with Gasteiger partial charge in [-0.1, -0.05) is 28.1 Å². The normalized spacial score (nSPS) is 12.7. The third-order valence-electron chi connectivity index (χ3n) is 2.68. The summed E-state index contributed by atoms with van der Waals surface area (Å²) in [5, 5.41) is 8.63. The summed E-state index contributed by atoms with van der Waals surface area (Å²) in [4.78, 5) is 12.6. The van der Waals surface area contributed by atoms with Crippen LogP contribution in [-0.4, -0.2) is 42.2 Å². The molecule has 0 bridgehead atoms. The van der Waals surface area contributed by atoms with Crippen LogP contribution in [0.25, 0.3) is 0 Å². The number of hydrogen-bond donors (Lipinski definition) is 2. The van der Waals surface area contributed by atoms with E-state index in [4.69, 9.17) is 10.8 Å². The molecular weight excluding hydrogens is 296 g/mol. The Kier molecular flexibility index (Phi) is 6.32. The molecule has 0 aromatic heterocycles.